The summed E-state index contributed by atoms with van der Waals surface area (Å²) in [5, 5.41) is 3.58. The SMILES string of the molecule is CCCNCC1(c2ccc(C)cc2)CC1C. The van der Waals surface area contributed by atoms with Crippen LogP contribution in [0.25, 0.3) is 0 Å². The molecule has 1 aliphatic carbocycles. The van der Waals surface area contributed by atoms with Crippen LogP contribution in [0.1, 0.15) is 37.8 Å². The summed E-state index contributed by atoms with van der Waals surface area (Å²) in [5.41, 5.74) is 3.31. The maximum absolute atomic E-state index is 3.58. The highest BCUT2D eigenvalue weighted by atomic mass is 14.9. The van der Waals surface area contributed by atoms with Crippen LogP contribution in [0.15, 0.2) is 24.3 Å². The van der Waals surface area contributed by atoms with Crippen molar-refractivity contribution in [3.8, 4) is 0 Å². The van der Waals surface area contributed by atoms with E-state index in [-0.39, 0.29) is 0 Å². The van der Waals surface area contributed by atoms with Gasteiger partial charge in [0, 0.05) is 12.0 Å². The van der Waals surface area contributed by atoms with Crippen LogP contribution in [0.2, 0.25) is 0 Å². The van der Waals surface area contributed by atoms with Crippen molar-refractivity contribution in [1.29, 1.82) is 0 Å². The molecule has 2 rings (SSSR count). The molecule has 0 saturated heterocycles. The normalized spacial score (nSPS) is 28.1. The number of rotatable bonds is 5. The van der Waals surface area contributed by atoms with Crippen molar-refractivity contribution in [3.63, 3.8) is 0 Å². The van der Waals surface area contributed by atoms with E-state index in [0.29, 0.717) is 5.41 Å². The van der Waals surface area contributed by atoms with Crippen molar-refractivity contribution in [2.45, 2.75) is 39.0 Å². The summed E-state index contributed by atoms with van der Waals surface area (Å²) in [6.07, 6.45) is 2.56. The molecule has 1 nitrogen and oxygen atoms in total. The highest BCUT2D eigenvalue weighted by Gasteiger charge is 2.51. The van der Waals surface area contributed by atoms with E-state index in [4.69, 9.17) is 0 Å². The van der Waals surface area contributed by atoms with E-state index >= 15 is 0 Å². The minimum atomic E-state index is 0.433. The third kappa shape index (κ3) is 2.15. The zero-order valence-corrected chi connectivity index (χ0v) is 10.7. The van der Waals surface area contributed by atoms with E-state index in [2.05, 4.69) is 50.4 Å². The van der Waals surface area contributed by atoms with Crippen molar-refractivity contribution in [2.75, 3.05) is 13.1 Å². The maximum Gasteiger partial charge on any atom is 0.0106 e. The predicted octanol–water partition coefficient (Wildman–Crippen LogP) is 3.27. The number of nitrogens with one attached hydrogen (secondary N) is 1. The Morgan fingerprint density at radius 3 is 2.44 bits per heavy atom. The second-order valence-corrected chi connectivity index (χ2v) is 5.30. The minimum absolute atomic E-state index is 0.433. The fourth-order valence-electron chi connectivity index (χ4n) is 2.61. The molecule has 2 atom stereocenters. The first-order valence-electron chi connectivity index (χ1n) is 6.47. The monoisotopic (exact) mass is 217 g/mol. The molecule has 1 aromatic carbocycles. The summed E-state index contributed by atoms with van der Waals surface area (Å²) < 4.78 is 0. The van der Waals surface area contributed by atoms with Gasteiger partial charge in [-0.2, -0.15) is 0 Å². The van der Waals surface area contributed by atoms with Gasteiger partial charge in [0.2, 0.25) is 0 Å². The lowest BCUT2D eigenvalue weighted by molar-refractivity contribution is 0.541. The van der Waals surface area contributed by atoms with Crippen molar-refractivity contribution < 1.29 is 0 Å². The van der Waals surface area contributed by atoms with Gasteiger partial charge >= 0.3 is 0 Å². The molecule has 1 saturated carbocycles. The largest absolute Gasteiger partial charge is 0.316 e. The fourth-order valence-corrected chi connectivity index (χ4v) is 2.61. The first-order chi connectivity index (χ1) is 7.69. The van der Waals surface area contributed by atoms with E-state index in [0.717, 1.165) is 19.0 Å². The molecule has 0 heterocycles. The maximum atomic E-state index is 3.58. The van der Waals surface area contributed by atoms with Gasteiger partial charge in [-0.15, -0.1) is 0 Å². The Hall–Kier alpha value is -0.820. The molecule has 0 radical (unpaired) electrons. The number of aryl methyl sites for hydroxylation is 1. The molecule has 1 aliphatic rings. The van der Waals surface area contributed by atoms with Crippen molar-refractivity contribution in [3.05, 3.63) is 35.4 Å². The van der Waals surface area contributed by atoms with Gasteiger partial charge < -0.3 is 5.32 Å². The lowest BCUT2D eigenvalue weighted by atomic mass is 9.92. The molecule has 2 unspecified atom stereocenters. The van der Waals surface area contributed by atoms with Crippen LogP contribution in [-0.2, 0) is 5.41 Å². The molecule has 0 amide bonds. The van der Waals surface area contributed by atoms with Crippen LogP contribution in [0, 0.1) is 12.8 Å². The summed E-state index contributed by atoms with van der Waals surface area (Å²) in [6, 6.07) is 9.10. The third-order valence-electron chi connectivity index (χ3n) is 3.95. The minimum Gasteiger partial charge on any atom is -0.316 e. The standard InChI is InChI=1S/C15H23N/c1-4-9-16-11-15(10-13(15)3)14-7-5-12(2)6-8-14/h5-8,13,16H,4,9-11H2,1-3H3. The molecule has 88 valence electrons. The zero-order valence-electron chi connectivity index (χ0n) is 10.7. The Morgan fingerprint density at radius 2 is 1.94 bits per heavy atom. The summed E-state index contributed by atoms with van der Waals surface area (Å²) in [6.45, 7) is 9.03. The van der Waals surface area contributed by atoms with Gasteiger partial charge in [0.1, 0.15) is 0 Å². The molecule has 1 N–H and O–H groups in total. The van der Waals surface area contributed by atoms with Gasteiger partial charge in [-0.3, -0.25) is 0 Å². The summed E-state index contributed by atoms with van der Waals surface area (Å²) in [5.74, 6) is 0.833. The molecular weight excluding hydrogens is 194 g/mol. The molecule has 1 heteroatoms. The second kappa shape index (κ2) is 4.58. The Morgan fingerprint density at radius 1 is 1.31 bits per heavy atom. The number of hydrogen-bond donors (Lipinski definition) is 1. The Labute approximate surface area is 99.3 Å². The molecule has 1 fully saturated rings. The molecular formula is C15H23N. The van der Waals surface area contributed by atoms with Gasteiger partial charge in [0.05, 0.1) is 0 Å². The van der Waals surface area contributed by atoms with E-state index in [1.54, 1.807) is 0 Å². The lowest BCUT2D eigenvalue weighted by Crippen LogP contribution is -2.28. The topological polar surface area (TPSA) is 12.0 Å². The van der Waals surface area contributed by atoms with E-state index < -0.39 is 0 Å². The third-order valence-corrected chi connectivity index (χ3v) is 3.95. The van der Waals surface area contributed by atoms with Gasteiger partial charge in [0.15, 0.2) is 0 Å². The van der Waals surface area contributed by atoms with E-state index in [1.165, 1.54) is 24.0 Å². The molecule has 0 aromatic heterocycles. The number of benzene rings is 1. The second-order valence-electron chi connectivity index (χ2n) is 5.30. The van der Waals surface area contributed by atoms with Gasteiger partial charge in [-0.1, -0.05) is 43.7 Å². The Kier molecular flexibility index (Phi) is 3.34. The van der Waals surface area contributed by atoms with Crippen LogP contribution in [0.3, 0.4) is 0 Å². The lowest BCUT2D eigenvalue weighted by Gasteiger charge is -2.18. The highest BCUT2D eigenvalue weighted by molar-refractivity contribution is 5.35. The molecule has 1 aromatic rings. The van der Waals surface area contributed by atoms with E-state index in [1.807, 2.05) is 0 Å². The van der Waals surface area contributed by atoms with Crippen LogP contribution >= 0.6 is 0 Å². The highest BCUT2D eigenvalue weighted by Crippen LogP contribution is 2.53. The summed E-state index contributed by atoms with van der Waals surface area (Å²) >= 11 is 0. The molecule has 0 spiro atoms. The van der Waals surface area contributed by atoms with Crippen LogP contribution < -0.4 is 5.32 Å². The smallest absolute Gasteiger partial charge is 0.0106 e. The van der Waals surface area contributed by atoms with Crippen LogP contribution in [0.4, 0.5) is 0 Å². The van der Waals surface area contributed by atoms with Crippen molar-refractivity contribution >= 4 is 0 Å². The Bertz CT molecular complexity index is 341. The first kappa shape index (κ1) is 11.7. The van der Waals surface area contributed by atoms with Crippen LogP contribution in [-0.4, -0.2) is 13.1 Å². The average Bonchev–Trinajstić information content (AvgIpc) is 2.92. The fraction of sp³-hybridized carbons (Fsp3) is 0.600. The first-order valence-corrected chi connectivity index (χ1v) is 6.47. The van der Waals surface area contributed by atoms with Crippen molar-refractivity contribution in [2.24, 2.45) is 5.92 Å². The average molecular weight is 217 g/mol. The van der Waals surface area contributed by atoms with Crippen LogP contribution in [0.5, 0.6) is 0 Å². The number of hydrogen-bond acceptors (Lipinski definition) is 1. The predicted molar refractivity (Wildman–Crippen MR) is 69.8 cm³/mol. The molecule has 0 aliphatic heterocycles. The van der Waals surface area contributed by atoms with Gasteiger partial charge in [-0.05, 0) is 37.8 Å². The molecule has 16 heavy (non-hydrogen) atoms. The molecule has 0 bridgehead atoms. The Balaban J connectivity index is 2.07. The summed E-state index contributed by atoms with van der Waals surface area (Å²) in [7, 11) is 0. The van der Waals surface area contributed by atoms with Gasteiger partial charge in [0.25, 0.3) is 0 Å². The van der Waals surface area contributed by atoms with Gasteiger partial charge in [-0.25, -0.2) is 0 Å². The van der Waals surface area contributed by atoms with Crippen molar-refractivity contribution in [1.82, 2.24) is 5.32 Å². The summed E-state index contributed by atoms with van der Waals surface area (Å²) in [4.78, 5) is 0. The zero-order chi connectivity index (χ0) is 11.6. The quantitative estimate of drug-likeness (QED) is 0.746. The van der Waals surface area contributed by atoms with E-state index in [9.17, 15) is 0 Å².